The molecule has 2 heteroatoms. The number of aryl methyl sites for hydroxylation is 2. The fourth-order valence-corrected chi connectivity index (χ4v) is 3.06. The molecule has 0 aliphatic heterocycles. The van der Waals surface area contributed by atoms with Gasteiger partial charge < -0.3 is 10.7 Å². The van der Waals surface area contributed by atoms with Gasteiger partial charge >= 0.3 is 0 Å². The molecule has 0 aromatic carbocycles. The summed E-state index contributed by atoms with van der Waals surface area (Å²) in [5, 5.41) is 0. The van der Waals surface area contributed by atoms with Gasteiger partial charge in [-0.3, -0.25) is 0 Å². The predicted octanol–water partition coefficient (Wildman–Crippen LogP) is 2.86. The number of aromatic nitrogens is 1. The molecule has 2 rings (SSSR count). The Morgan fingerprint density at radius 1 is 1.40 bits per heavy atom. The van der Waals surface area contributed by atoms with Gasteiger partial charge in [0.25, 0.3) is 0 Å². The Kier molecular flexibility index (Phi) is 3.15. The van der Waals surface area contributed by atoms with Crippen LogP contribution in [0.25, 0.3) is 0 Å². The fourth-order valence-electron chi connectivity index (χ4n) is 3.06. The Hall–Kier alpha value is -0.760. The van der Waals surface area contributed by atoms with Crippen LogP contribution in [0.2, 0.25) is 0 Å². The first-order valence-corrected chi connectivity index (χ1v) is 6.08. The molecule has 1 saturated carbocycles. The molecule has 1 heterocycles. The van der Waals surface area contributed by atoms with E-state index in [1.807, 2.05) is 0 Å². The Morgan fingerprint density at radius 2 is 2.07 bits per heavy atom. The molecule has 1 aliphatic carbocycles. The Morgan fingerprint density at radius 3 is 2.53 bits per heavy atom. The monoisotopic (exact) mass is 206 g/mol. The zero-order valence-corrected chi connectivity index (χ0v) is 9.84. The minimum atomic E-state index is 0.581. The molecule has 15 heavy (non-hydrogen) atoms. The third-order valence-electron chi connectivity index (χ3n) is 3.81. The summed E-state index contributed by atoms with van der Waals surface area (Å²) in [5.41, 5.74) is 9.99. The van der Waals surface area contributed by atoms with Crippen molar-refractivity contribution in [2.45, 2.75) is 45.4 Å². The van der Waals surface area contributed by atoms with Crippen LogP contribution >= 0.6 is 0 Å². The maximum absolute atomic E-state index is 5.95. The van der Waals surface area contributed by atoms with Gasteiger partial charge in [0.15, 0.2) is 0 Å². The van der Waals surface area contributed by atoms with Crippen molar-refractivity contribution in [2.24, 2.45) is 11.7 Å². The van der Waals surface area contributed by atoms with Gasteiger partial charge in [-0.25, -0.2) is 0 Å². The molecule has 1 fully saturated rings. The van der Waals surface area contributed by atoms with Crippen LogP contribution in [0.1, 0.15) is 48.6 Å². The minimum absolute atomic E-state index is 0.581. The van der Waals surface area contributed by atoms with E-state index in [2.05, 4.69) is 24.9 Å². The SMILES string of the molecule is Cc1cc(C(CN)C2CCCC2)c(C)[nH]1. The van der Waals surface area contributed by atoms with Gasteiger partial charge in [0.2, 0.25) is 0 Å². The van der Waals surface area contributed by atoms with Gasteiger partial charge in [0.05, 0.1) is 0 Å². The molecule has 1 aliphatic rings. The molecular weight excluding hydrogens is 184 g/mol. The molecule has 0 radical (unpaired) electrons. The Balaban J connectivity index is 2.21. The summed E-state index contributed by atoms with van der Waals surface area (Å²) in [4.78, 5) is 3.39. The maximum Gasteiger partial charge on any atom is 0.0153 e. The summed E-state index contributed by atoms with van der Waals surface area (Å²) < 4.78 is 0. The molecule has 1 unspecified atom stereocenters. The quantitative estimate of drug-likeness (QED) is 0.784. The highest BCUT2D eigenvalue weighted by molar-refractivity contribution is 5.29. The third kappa shape index (κ3) is 2.10. The van der Waals surface area contributed by atoms with Crippen molar-refractivity contribution in [1.82, 2.24) is 4.98 Å². The fraction of sp³-hybridized carbons (Fsp3) is 0.692. The molecule has 0 bridgehead atoms. The summed E-state index contributed by atoms with van der Waals surface area (Å²) in [6.45, 7) is 5.08. The van der Waals surface area contributed by atoms with Crippen LogP contribution in [0.3, 0.4) is 0 Å². The van der Waals surface area contributed by atoms with Gasteiger partial charge in [-0.15, -0.1) is 0 Å². The minimum Gasteiger partial charge on any atom is -0.362 e. The van der Waals surface area contributed by atoms with Crippen molar-refractivity contribution in [3.05, 3.63) is 23.0 Å². The lowest BCUT2D eigenvalue weighted by atomic mass is 9.85. The predicted molar refractivity (Wildman–Crippen MR) is 64.0 cm³/mol. The molecule has 0 saturated heterocycles. The average molecular weight is 206 g/mol. The molecule has 2 nitrogen and oxygen atoms in total. The average Bonchev–Trinajstić information content (AvgIpc) is 2.79. The lowest BCUT2D eigenvalue weighted by molar-refractivity contribution is 0.439. The van der Waals surface area contributed by atoms with Gasteiger partial charge in [0, 0.05) is 17.3 Å². The number of rotatable bonds is 3. The van der Waals surface area contributed by atoms with Crippen LogP contribution in [0, 0.1) is 19.8 Å². The first-order valence-electron chi connectivity index (χ1n) is 6.08. The second kappa shape index (κ2) is 4.40. The lowest BCUT2D eigenvalue weighted by Crippen LogP contribution is -2.20. The van der Waals surface area contributed by atoms with Crippen LogP contribution in [0.5, 0.6) is 0 Å². The zero-order valence-electron chi connectivity index (χ0n) is 9.84. The first kappa shape index (κ1) is 10.7. The zero-order chi connectivity index (χ0) is 10.8. The van der Waals surface area contributed by atoms with Crippen molar-refractivity contribution >= 4 is 0 Å². The molecule has 0 spiro atoms. The lowest BCUT2D eigenvalue weighted by Gasteiger charge is -2.21. The van der Waals surface area contributed by atoms with Crippen molar-refractivity contribution < 1.29 is 0 Å². The summed E-state index contributed by atoms with van der Waals surface area (Å²) in [7, 11) is 0. The molecule has 0 amide bonds. The van der Waals surface area contributed by atoms with Gasteiger partial charge in [0.1, 0.15) is 0 Å². The van der Waals surface area contributed by atoms with Gasteiger partial charge in [-0.05, 0) is 50.8 Å². The topological polar surface area (TPSA) is 41.8 Å². The van der Waals surface area contributed by atoms with Crippen LogP contribution in [-0.4, -0.2) is 11.5 Å². The van der Waals surface area contributed by atoms with Crippen molar-refractivity contribution in [3.8, 4) is 0 Å². The van der Waals surface area contributed by atoms with E-state index in [4.69, 9.17) is 5.73 Å². The normalized spacial score (nSPS) is 19.7. The van der Waals surface area contributed by atoms with Crippen LogP contribution in [0.4, 0.5) is 0 Å². The second-order valence-corrected chi connectivity index (χ2v) is 4.92. The van der Waals surface area contributed by atoms with E-state index in [1.165, 1.54) is 42.6 Å². The third-order valence-corrected chi connectivity index (χ3v) is 3.81. The number of H-pyrrole nitrogens is 1. The van der Waals surface area contributed by atoms with Crippen LogP contribution < -0.4 is 5.73 Å². The van der Waals surface area contributed by atoms with Crippen molar-refractivity contribution in [1.29, 1.82) is 0 Å². The number of nitrogens with one attached hydrogen (secondary N) is 1. The van der Waals surface area contributed by atoms with E-state index in [-0.39, 0.29) is 0 Å². The first-order chi connectivity index (χ1) is 7.22. The second-order valence-electron chi connectivity index (χ2n) is 4.92. The van der Waals surface area contributed by atoms with Crippen molar-refractivity contribution in [2.75, 3.05) is 6.54 Å². The van der Waals surface area contributed by atoms with Crippen LogP contribution in [-0.2, 0) is 0 Å². The maximum atomic E-state index is 5.95. The summed E-state index contributed by atoms with van der Waals surface area (Å²) in [6, 6.07) is 2.28. The summed E-state index contributed by atoms with van der Waals surface area (Å²) in [6.07, 6.45) is 5.52. The molecule has 3 N–H and O–H groups in total. The van der Waals surface area contributed by atoms with E-state index in [1.54, 1.807) is 0 Å². The highest BCUT2D eigenvalue weighted by Gasteiger charge is 2.26. The van der Waals surface area contributed by atoms with E-state index in [9.17, 15) is 0 Å². The van der Waals surface area contributed by atoms with E-state index >= 15 is 0 Å². The highest BCUT2D eigenvalue weighted by atomic mass is 14.7. The Labute approximate surface area is 92.3 Å². The Bertz CT molecular complexity index is 321. The molecular formula is C13H22N2. The summed E-state index contributed by atoms with van der Waals surface area (Å²) in [5.74, 6) is 1.40. The van der Waals surface area contributed by atoms with Gasteiger partial charge in [-0.2, -0.15) is 0 Å². The van der Waals surface area contributed by atoms with E-state index in [0.717, 1.165) is 12.5 Å². The van der Waals surface area contributed by atoms with Gasteiger partial charge in [-0.1, -0.05) is 12.8 Å². The standard InChI is InChI=1S/C13H22N2/c1-9-7-12(10(2)15-9)13(8-14)11-5-3-4-6-11/h7,11,13,15H,3-6,8,14H2,1-2H3. The largest absolute Gasteiger partial charge is 0.362 e. The smallest absolute Gasteiger partial charge is 0.0153 e. The number of hydrogen-bond acceptors (Lipinski definition) is 1. The highest BCUT2D eigenvalue weighted by Crippen LogP contribution is 2.37. The number of nitrogens with two attached hydrogens (primary N) is 1. The molecule has 1 aromatic heterocycles. The summed E-state index contributed by atoms with van der Waals surface area (Å²) >= 11 is 0. The van der Waals surface area contributed by atoms with Crippen molar-refractivity contribution in [3.63, 3.8) is 0 Å². The van der Waals surface area contributed by atoms with E-state index in [0.29, 0.717) is 5.92 Å². The molecule has 1 aromatic rings. The van der Waals surface area contributed by atoms with Crippen LogP contribution in [0.15, 0.2) is 6.07 Å². The number of aromatic amines is 1. The molecule has 1 atom stereocenters. The van der Waals surface area contributed by atoms with E-state index < -0.39 is 0 Å². The number of hydrogen-bond donors (Lipinski definition) is 2. The molecule has 84 valence electrons.